The molecule has 2 aromatic rings. The Bertz CT molecular complexity index is 801. The molecular formula is C17H19FN4O. The first-order chi connectivity index (χ1) is 11.0. The highest BCUT2D eigenvalue weighted by Crippen LogP contribution is 2.19. The standard InChI is InChI=1S/C17H19FN4O/c1-10-11(2)22-16-14(7-13(18)8-15(16)21-10)17(23)20-9-12-3-5-19-6-4-12/h3,7-8,19H,4-6,9H2,1-2H3,(H,20,23). The van der Waals surface area contributed by atoms with Gasteiger partial charge < -0.3 is 10.6 Å². The van der Waals surface area contributed by atoms with Crippen LogP contribution in [0.1, 0.15) is 28.2 Å². The molecule has 0 fully saturated rings. The number of hydrogen-bond acceptors (Lipinski definition) is 4. The maximum atomic E-state index is 13.8. The van der Waals surface area contributed by atoms with Crippen LogP contribution in [0.3, 0.4) is 0 Å². The molecule has 5 nitrogen and oxygen atoms in total. The van der Waals surface area contributed by atoms with E-state index >= 15 is 0 Å². The average molecular weight is 314 g/mol. The maximum absolute atomic E-state index is 13.8. The number of aryl methyl sites for hydroxylation is 2. The van der Waals surface area contributed by atoms with Gasteiger partial charge in [0.1, 0.15) is 11.3 Å². The molecule has 1 aliphatic heterocycles. The molecule has 120 valence electrons. The Morgan fingerprint density at radius 1 is 1.30 bits per heavy atom. The van der Waals surface area contributed by atoms with E-state index in [-0.39, 0.29) is 11.5 Å². The van der Waals surface area contributed by atoms with Crippen molar-refractivity contribution >= 4 is 16.9 Å². The maximum Gasteiger partial charge on any atom is 0.253 e. The van der Waals surface area contributed by atoms with Crippen molar-refractivity contribution in [2.75, 3.05) is 19.6 Å². The summed E-state index contributed by atoms with van der Waals surface area (Å²) in [5.41, 5.74) is 3.71. The number of fused-ring (bicyclic) bond motifs is 1. The highest BCUT2D eigenvalue weighted by molar-refractivity contribution is 6.04. The first-order valence-corrected chi connectivity index (χ1v) is 7.66. The van der Waals surface area contributed by atoms with Crippen LogP contribution in [0.2, 0.25) is 0 Å². The van der Waals surface area contributed by atoms with E-state index in [0.29, 0.717) is 17.6 Å². The molecule has 3 rings (SSSR count). The molecule has 1 aromatic carbocycles. The molecule has 0 radical (unpaired) electrons. The molecule has 1 aromatic heterocycles. The van der Waals surface area contributed by atoms with Gasteiger partial charge in [0.2, 0.25) is 0 Å². The zero-order valence-electron chi connectivity index (χ0n) is 13.2. The lowest BCUT2D eigenvalue weighted by atomic mass is 10.1. The van der Waals surface area contributed by atoms with Crippen LogP contribution in [-0.4, -0.2) is 35.5 Å². The highest BCUT2D eigenvalue weighted by Gasteiger charge is 2.16. The molecule has 0 unspecified atom stereocenters. The van der Waals surface area contributed by atoms with Gasteiger partial charge in [-0.2, -0.15) is 0 Å². The van der Waals surface area contributed by atoms with Crippen molar-refractivity contribution in [2.24, 2.45) is 0 Å². The van der Waals surface area contributed by atoms with Crippen LogP contribution in [0.4, 0.5) is 4.39 Å². The van der Waals surface area contributed by atoms with E-state index in [1.807, 2.05) is 13.8 Å². The Morgan fingerprint density at radius 3 is 2.83 bits per heavy atom. The van der Waals surface area contributed by atoms with Gasteiger partial charge in [-0.1, -0.05) is 11.6 Å². The Morgan fingerprint density at radius 2 is 2.09 bits per heavy atom. The minimum atomic E-state index is -0.485. The monoisotopic (exact) mass is 314 g/mol. The number of benzene rings is 1. The molecule has 0 saturated heterocycles. The van der Waals surface area contributed by atoms with Crippen molar-refractivity contribution in [1.29, 1.82) is 0 Å². The molecule has 1 aliphatic rings. The van der Waals surface area contributed by atoms with Gasteiger partial charge in [0, 0.05) is 19.2 Å². The molecule has 0 spiro atoms. The second-order valence-electron chi connectivity index (χ2n) is 5.71. The Labute approximate surface area is 134 Å². The number of nitrogens with zero attached hydrogens (tertiary/aromatic N) is 2. The molecule has 0 aliphatic carbocycles. The van der Waals surface area contributed by atoms with Gasteiger partial charge in [-0.3, -0.25) is 4.79 Å². The number of nitrogens with one attached hydrogen (secondary N) is 2. The Kier molecular flexibility index (Phi) is 4.34. The summed E-state index contributed by atoms with van der Waals surface area (Å²) in [6.45, 7) is 5.84. The molecule has 0 bridgehead atoms. The predicted octanol–water partition coefficient (Wildman–Crippen LogP) is 2.04. The summed E-state index contributed by atoms with van der Waals surface area (Å²) in [5.74, 6) is -0.812. The van der Waals surface area contributed by atoms with Crippen LogP contribution in [0, 0.1) is 19.7 Å². The van der Waals surface area contributed by atoms with Gasteiger partial charge in [0.25, 0.3) is 5.91 Å². The van der Waals surface area contributed by atoms with E-state index in [4.69, 9.17) is 0 Å². The lowest BCUT2D eigenvalue weighted by Crippen LogP contribution is -2.30. The molecule has 1 amide bonds. The predicted molar refractivity (Wildman–Crippen MR) is 86.9 cm³/mol. The van der Waals surface area contributed by atoms with Crippen LogP contribution >= 0.6 is 0 Å². The minimum Gasteiger partial charge on any atom is -0.348 e. The van der Waals surface area contributed by atoms with Crippen LogP contribution in [0.15, 0.2) is 23.8 Å². The first kappa shape index (κ1) is 15.6. The van der Waals surface area contributed by atoms with E-state index in [9.17, 15) is 9.18 Å². The molecule has 2 heterocycles. The summed E-state index contributed by atoms with van der Waals surface area (Å²) in [6, 6.07) is 2.53. The van der Waals surface area contributed by atoms with Crippen LogP contribution in [0.25, 0.3) is 11.0 Å². The molecule has 23 heavy (non-hydrogen) atoms. The first-order valence-electron chi connectivity index (χ1n) is 7.66. The van der Waals surface area contributed by atoms with E-state index in [1.165, 1.54) is 17.7 Å². The lowest BCUT2D eigenvalue weighted by Gasteiger charge is -2.15. The number of carbonyl (C=O) groups excluding carboxylic acids is 1. The normalized spacial score (nSPS) is 14.7. The Balaban J connectivity index is 1.90. The van der Waals surface area contributed by atoms with E-state index in [1.54, 1.807) is 0 Å². The fraction of sp³-hybridized carbons (Fsp3) is 0.353. The largest absolute Gasteiger partial charge is 0.348 e. The number of hydrogen-bond donors (Lipinski definition) is 2. The quantitative estimate of drug-likeness (QED) is 0.851. The summed E-state index contributed by atoms with van der Waals surface area (Å²) in [6.07, 6.45) is 2.98. The summed E-state index contributed by atoms with van der Waals surface area (Å²) in [5, 5.41) is 6.07. The van der Waals surface area contributed by atoms with Gasteiger partial charge in [-0.05, 0) is 32.9 Å². The summed E-state index contributed by atoms with van der Waals surface area (Å²) >= 11 is 0. The summed E-state index contributed by atoms with van der Waals surface area (Å²) < 4.78 is 13.8. The third kappa shape index (κ3) is 3.37. The zero-order chi connectivity index (χ0) is 16.4. The van der Waals surface area contributed by atoms with Crippen molar-refractivity contribution in [3.8, 4) is 0 Å². The number of aromatic nitrogens is 2. The fourth-order valence-corrected chi connectivity index (χ4v) is 2.59. The second kappa shape index (κ2) is 6.42. The van der Waals surface area contributed by atoms with Crippen LogP contribution in [0.5, 0.6) is 0 Å². The van der Waals surface area contributed by atoms with Gasteiger partial charge in [0.05, 0.1) is 22.5 Å². The van der Waals surface area contributed by atoms with Crippen molar-refractivity contribution in [1.82, 2.24) is 20.6 Å². The average Bonchev–Trinajstić information content (AvgIpc) is 2.54. The number of halogens is 1. The van der Waals surface area contributed by atoms with Gasteiger partial charge in [0.15, 0.2) is 0 Å². The Hall–Kier alpha value is -2.34. The molecule has 6 heteroatoms. The molecule has 0 atom stereocenters. The van der Waals surface area contributed by atoms with Crippen LogP contribution < -0.4 is 10.6 Å². The van der Waals surface area contributed by atoms with Crippen molar-refractivity contribution < 1.29 is 9.18 Å². The summed E-state index contributed by atoms with van der Waals surface area (Å²) in [4.78, 5) is 21.2. The molecule has 0 saturated carbocycles. The molecular weight excluding hydrogens is 295 g/mol. The highest BCUT2D eigenvalue weighted by atomic mass is 19.1. The van der Waals surface area contributed by atoms with Crippen molar-refractivity contribution in [3.63, 3.8) is 0 Å². The van der Waals surface area contributed by atoms with Crippen molar-refractivity contribution in [3.05, 3.63) is 46.6 Å². The SMILES string of the molecule is Cc1nc2cc(F)cc(C(=O)NCC3=CCNCC3)c2nc1C. The number of amides is 1. The third-order valence-corrected chi connectivity index (χ3v) is 4.02. The van der Waals surface area contributed by atoms with Gasteiger partial charge in [-0.15, -0.1) is 0 Å². The summed E-state index contributed by atoms with van der Waals surface area (Å²) in [7, 11) is 0. The van der Waals surface area contributed by atoms with Gasteiger partial charge >= 0.3 is 0 Å². The minimum absolute atomic E-state index is 0.227. The number of rotatable bonds is 3. The second-order valence-corrected chi connectivity index (χ2v) is 5.71. The zero-order valence-corrected chi connectivity index (χ0v) is 13.2. The number of carbonyl (C=O) groups is 1. The van der Waals surface area contributed by atoms with Crippen LogP contribution in [-0.2, 0) is 0 Å². The van der Waals surface area contributed by atoms with Crippen molar-refractivity contribution in [2.45, 2.75) is 20.3 Å². The molecule has 2 N–H and O–H groups in total. The van der Waals surface area contributed by atoms with E-state index in [0.717, 1.165) is 30.9 Å². The smallest absolute Gasteiger partial charge is 0.253 e. The third-order valence-electron chi connectivity index (χ3n) is 4.02. The topological polar surface area (TPSA) is 66.9 Å². The van der Waals surface area contributed by atoms with Gasteiger partial charge in [-0.25, -0.2) is 14.4 Å². The lowest BCUT2D eigenvalue weighted by molar-refractivity contribution is 0.0957. The van der Waals surface area contributed by atoms with E-state index < -0.39 is 5.82 Å². The van der Waals surface area contributed by atoms with E-state index in [2.05, 4.69) is 26.7 Å². The fourth-order valence-electron chi connectivity index (χ4n) is 2.59.